The Labute approximate surface area is 131 Å². The van der Waals surface area contributed by atoms with E-state index in [-0.39, 0.29) is 11.8 Å². The third kappa shape index (κ3) is 2.40. The maximum atomic E-state index is 5.82. The van der Waals surface area contributed by atoms with Crippen molar-refractivity contribution in [2.75, 3.05) is 42.7 Å². The largest absolute Gasteiger partial charge is 0.382 e. The maximum Gasteiger partial charge on any atom is 0.224 e. The van der Waals surface area contributed by atoms with E-state index in [0.717, 1.165) is 32.0 Å². The third-order valence-corrected chi connectivity index (χ3v) is 3.80. The smallest absolute Gasteiger partial charge is 0.224 e. The number of anilines is 3. The Balaban J connectivity index is 1.71. The van der Waals surface area contributed by atoms with Gasteiger partial charge in [0.15, 0.2) is 17.0 Å². The zero-order valence-corrected chi connectivity index (χ0v) is 12.4. The molecule has 1 saturated heterocycles. The summed E-state index contributed by atoms with van der Waals surface area (Å²) in [5, 5.41) is 0. The number of morpholine rings is 1. The van der Waals surface area contributed by atoms with Gasteiger partial charge in [-0.2, -0.15) is 9.97 Å². The molecule has 0 atom stereocenters. The fraction of sp³-hybridized carbons (Fsp3) is 0.286. The average molecular weight is 312 g/mol. The van der Waals surface area contributed by atoms with Crippen molar-refractivity contribution in [1.29, 1.82) is 0 Å². The molecule has 118 valence electrons. The average Bonchev–Trinajstić information content (AvgIpc) is 3.00. The van der Waals surface area contributed by atoms with Gasteiger partial charge in [-0.3, -0.25) is 4.57 Å². The number of hydrogen-bond acceptors (Lipinski definition) is 8. The summed E-state index contributed by atoms with van der Waals surface area (Å²) in [6.45, 7) is 3.22. The quantitative estimate of drug-likeness (QED) is 0.689. The lowest BCUT2D eigenvalue weighted by molar-refractivity contribution is 0.122. The van der Waals surface area contributed by atoms with E-state index in [2.05, 4.69) is 24.8 Å². The van der Waals surface area contributed by atoms with E-state index < -0.39 is 0 Å². The van der Waals surface area contributed by atoms with E-state index in [9.17, 15) is 0 Å². The first-order chi connectivity index (χ1) is 11.2. The van der Waals surface area contributed by atoms with E-state index in [1.807, 2.05) is 18.3 Å². The van der Waals surface area contributed by atoms with Crippen LogP contribution in [-0.2, 0) is 4.74 Å². The van der Waals surface area contributed by atoms with Gasteiger partial charge in [0.1, 0.15) is 12.1 Å². The summed E-state index contributed by atoms with van der Waals surface area (Å²) < 4.78 is 7.10. The van der Waals surface area contributed by atoms with Crippen LogP contribution in [0.3, 0.4) is 0 Å². The van der Waals surface area contributed by atoms with Gasteiger partial charge in [0, 0.05) is 13.1 Å². The van der Waals surface area contributed by atoms with Crippen LogP contribution in [0.2, 0.25) is 0 Å². The first-order valence-corrected chi connectivity index (χ1v) is 7.27. The second kappa shape index (κ2) is 5.36. The highest BCUT2D eigenvalue weighted by Gasteiger charge is 2.14. The van der Waals surface area contributed by atoms with Crippen LogP contribution >= 0.6 is 0 Å². The van der Waals surface area contributed by atoms with Gasteiger partial charge in [-0.05, 0) is 12.1 Å². The molecule has 23 heavy (non-hydrogen) atoms. The number of ether oxygens (including phenoxy) is 1. The Morgan fingerprint density at radius 1 is 1.04 bits per heavy atom. The van der Waals surface area contributed by atoms with Crippen molar-refractivity contribution in [2.24, 2.45) is 0 Å². The highest BCUT2D eigenvalue weighted by atomic mass is 16.5. The van der Waals surface area contributed by atoms with Gasteiger partial charge in [-0.25, -0.2) is 9.97 Å². The highest BCUT2D eigenvalue weighted by molar-refractivity contribution is 5.83. The first-order valence-electron chi connectivity index (χ1n) is 7.27. The minimum atomic E-state index is 0.113. The van der Waals surface area contributed by atoms with E-state index in [0.29, 0.717) is 17.0 Å². The van der Waals surface area contributed by atoms with Crippen molar-refractivity contribution in [3.8, 4) is 5.82 Å². The van der Waals surface area contributed by atoms with Crippen molar-refractivity contribution in [3.63, 3.8) is 0 Å². The molecule has 0 aliphatic carbocycles. The van der Waals surface area contributed by atoms with Gasteiger partial charge in [0.05, 0.1) is 25.1 Å². The molecule has 1 fully saturated rings. The van der Waals surface area contributed by atoms with Gasteiger partial charge >= 0.3 is 0 Å². The minimum Gasteiger partial charge on any atom is -0.382 e. The van der Waals surface area contributed by atoms with Gasteiger partial charge in [-0.15, -0.1) is 0 Å². The highest BCUT2D eigenvalue weighted by Crippen LogP contribution is 2.21. The van der Waals surface area contributed by atoms with E-state index >= 15 is 0 Å². The monoisotopic (exact) mass is 312 g/mol. The predicted octanol–water partition coefficient (Wildman–Crippen LogP) is 0.211. The van der Waals surface area contributed by atoms with Crippen LogP contribution in [0.5, 0.6) is 0 Å². The van der Waals surface area contributed by atoms with Crippen molar-refractivity contribution in [3.05, 3.63) is 24.7 Å². The van der Waals surface area contributed by atoms with Crippen molar-refractivity contribution < 1.29 is 4.74 Å². The Hall–Kier alpha value is -2.94. The Morgan fingerprint density at radius 3 is 2.61 bits per heavy atom. The molecule has 0 aromatic carbocycles. The van der Waals surface area contributed by atoms with E-state index in [4.69, 9.17) is 16.2 Å². The van der Waals surface area contributed by atoms with Crippen molar-refractivity contribution in [1.82, 2.24) is 24.5 Å². The van der Waals surface area contributed by atoms with Crippen LogP contribution in [0, 0.1) is 0 Å². The molecule has 1 aliphatic heterocycles. The normalized spacial score (nSPS) is 15.2. The fourth-order valence-corrected chi connectivity index (χ4v) is 2.64. The summed E-state index contributed by atoms with van der Waals surface area (Å²) in [5.41, 5.74) is 13.6. The molecule has 0 amide bonds. The molecule has 3 aromatic heterocycles. The van der Waals surface area contributed by atoms with Crippen LogP contribution in [0.1, 0.15) is 0 Å². The van der Waals surface area contributed by atoms with Crippen LogP contribution in [0.25, 0.3) is 17.0 Å². The van der Waals surface area contributed by atoms with E-state index in [1.54, 1.807) is 10.9 Å². The molecule has 4 N–H and O–H groups in total. The van der Waals surface area contributed by atoms with Crippen LogP contribution in [0.4, 0.5) is 17.5 Å². The van der Waals surface area contributed by atoms with Crippen molar-refractivity contribution >= 4 is 28.6 Å². The first kappa shape index (κ1) is 13.7. The zero-order chi connectivity index (χ0) is 15.8. The predicted molar refractivity (Wildman–Crippen MR) is 86.3 cm³/mol. The fourth-order valence-electron chi connectivity index (χ4n) is 2.64. The molecule has 0 spiro atoms. The number of nitrogen functional groups attached to an aromatic ring is 2. The summed E-state index contributed by atoms with van der Waals surface area (Å²) in [6, 6.07) is 3.94. The van der Waals surface area contributed by atoms with E-state index in [1.165, 1.54) is 0 Å². The Morgan fingerprint density at radius 2 is 1.87 bits per heavy atom. The van der Waals surface area contributed by atoms with Gasteiger partial charge in [0.25, 0.3) is 0 Å². The summed E-state index contributed by atoms with van der Waals surface area (Å²) in [6.07, 6.45) is 3.45. The Bertz CT molecular complexity index is 838. The molecule has 0 unspecified atom stereocenters. The lowest BCUT2D eigenvalue weighted by Crippen LogP contribution is -2.36. The number of fused-ring (bicyclic) bond motifs is 1. The number of pyridine rings is 1. The topological polar surface area (TPSA) is 121 Å². The molecule has 0 saturated carbocycles. The second-order valence-electron chi connectivity index (χ2n) is 5.23. The molecule has 0 bridgehead atoms. The summed E-state index contributed by atoms with van der Waals surface area (Å²) in [5.74, 6) is 1.07. The summed E-state index contributed by atoms with van der Waals surface area (Å²) in [4.78, 5) is 19.1. The number of nitrogens with zero attached hydrogens (tertiary/aromatic N) is 6. The molecule has 3 aromatic rings. The van der Waals surface area contributed by atoms with Crippen LogP contribution in [0.15, 0.2) is 24.7 Å². The van der Waals surface area contributed by atoms with Gasteiger partial charge < -0.3 is 21.1 Å². The number of rotatable bonds is 2. The Kier molecular flexibility index (Phi) is 3.19. The lowest BCUT2D eigenvalue weighted by atomic mass is 10.3. The van der Waals surface area contributed by atoms with Gasteiger partial charge in [-0.1, -0.05) is 0 Å². The number of nitrogens with two attached hydrogens (primary N) is 2. The van der Waals surface area contributed by atoms with Crippen molar-refractivity contribution in [2.45, 2.75) is 0 Å². The molecule has 9 heteroatoms. The number of imidazole rings is 1. The molecular weight excluding hydrogens is 296 g/mol. The third-order valence-electron chi connectivity index (χ3n) is 3.80. The zero-order valence-electron chi connectivity index (χ0n) is 12.4. The SMILES string of the molecule is Nc1nc(N)c2ncn(-c3ccc(N4CCOCC4)cn3)c2n1. The standard InChI is InChI=1S/C14H16N8O/c15-12-11-13(20-14(16)19-12)22(8-18-11)10-2-1-9(7-17-10)21-3-5-23-6-4-21/h1-2,7-8H,3-6H2,(H4,15,16,19,20). The molecular formula is C14H16N8O. The number of aromatic nitrogens is 5. The summed E-state index contributed by atoms with van der Waals surface area (Å²) in [7, 11) is 0. The number of hydrogen-bond donors (Lipinski definition) is 2. The van der Waals surface area contributed by atoms with Crippen LogP contribution < -0.4 is 16.4 Å². The molecule has 0 radical (unpaired) electrons. The molecule has 1 aliphatic rings. The second-order valence-corrected chi connectivity index (χ2v) is 5.23. The minimum absolute atomic E-state index is 0.113. The maximum absolute atomic E-state index is 5.82. The molecule has 4 heterocycles. The molecule has 4 rings (SSSR count). The summed E-state index contributed by atoms with van der Waals surface area (Å²) >= 11 is 0. The lowest BCUT2D eigenvalue weighted by Gasteiger charge is -2.28. The molecule has 9 nitrogen and oxygen atoms in total. The van der Waals surface area contributed by atoms with Gasteiger partial charge in [0.2, 0.25) is 5.95 Å². The van der Waals surface area contributed by atoms with Crippen LogP contribution in [-0.4, -0.2) is 50.8 Å².